The van der Waals surface area contributed by atoms with Gasteiger partial charge in [-0.1, -0.05) is 78.9 Å². The van der Waals surface area contributed by atoms with E-state index in [-0.39, 0.29) is 17.9 Å². The fourth-order valence-electron chi connectivity index (χ4n) is 3.77. The number of allylic oxidation sites excluding steroid dienone is 1. The molecule has 2 atom stereocenters. The molecule has 0 amide bonds. The zero-order valence-electron chi connectivity index (χ0n) is 16.1. The number of hydrogen-bond donors (Lipinski definition) is 0. The summed E-state index contributed by atoms with van der Waals surface area (Å²) in [6.07, 6.45) is 6.64. The lowest BCUT2D eigenvalue weighted by Crippen LogP contribution is -2.39. The first kappa shape index (κ1) is 19.6. The van der Waals surface area contributed by atoms with Crippen LogP contribution in [0.2, 0.25) is 0 Å². The molecule has 4 heteroatoms. The van der Waals surface area contributed by atoms with Crippen LogP contribution in [0, 0.1) is 5.41 Å². The first-order valence-corrected chi connectivity index (χ1v) is 9.27. The van der Waals surface area contributed by atoms with Gasteiger partial charge in [0.1, 0.15) is 0 Å². The second kappa shape index (κ2) is 8.70. The van der Waals surface area contributed by atoms with Crippen LogP contribution in [0.1, 0.15) is 29.9 Å². The number of ether oxygens (including phenoxy) is 2. The molecule has 0 unspecified atom stereocenters. The molecule has 0 saturated carbocycles. The molecule has 28 heavy (non-hydrogen) atoms. The molecule has 0 saturated heterocycles. The third-order valence-electron chi connectivity index (χ3n) is 5.28. The first-order valence-electron chi connectivity index (χ1n) is 9.27. The Labute approximate surface area is 165 Å². The van der Waals surface area contributed by atoms with E-state index in [1.165, 1.54) is 14.2 Å². The lowest BCUT2D eigenvalue weighted by atomic mass is 9.64. The molecule has 0 heterocycles. The number of carbonyl (C=O) groups excluding carboxylic acids is 2. The SMILES string of the molecule is COC(=O)C1=C[C@@H](c2ccccc2)[C@](/C=C/c2ccccc2)(C(=O)OC)CC1. The van der Waals surface area contributed by atoms with Crippen molar-refractivity contribution in [3.05, 3.63) is 89.5 Å². The Hall–Kier alpha value is -3.14. The topological polar surface area (TPSA) is 52.6 Å². The van der Waals surface area contributed by atoms with Gasteiger partial charge in [0.15, 0.2) is 0 Å². The Bertz CT molecular complexity index is 883. The molecule has 0 radical (unpaired) electrons. The van der Waals surface area contributed by atoms with E-state index in [0.29, 0.717) is 18.4 Å². The summed E-state index contributed by atoms with van der Waals surface area (Å²) in [5.41, 5.74) is 1.64. The lowest BCUT2D eigenvalue weighted by Gasteiger charge is -2.38. The smallest absolute Gasteiger partial charge is 0.333 e. The number of rotatable bonds is 5. The molecule has 0 spiro atoms. The van der Waals surface area contributed by atoms with Gasteiger partial charge in [0.25, 0.3) is 0 Å². The van der Waals surface area contributed by atoms with Crippen molar-refractivity contribution in [2.75, 3.05) is 14.2 Å². The molecule has 144 valence electrons. The van der Waals surface area contributed by atoms with Gasteiger partial charge in [-0.25, -0.2) is 4.79 Å². The highest BCUT2D eigenvalue weighted by molar-refractivity contribution is 5.91. The van der Waals surface area contributed by atoms with Gasteiger partial charge >= 0.3 is 11.9 Å². The predicted octanol–water partition coefficient (Wildman–Crippen LogP) is 4.54. The van der Waals surface area contributed by atoms with Crippen LogP contribution in [0.25, 0.3) is 6.08 Å². The first-order chi connectivity index (χ1) is 13.6. The van der Waals surface area contributed by atoms with Gasteiger partial charge in [-0.05, 0) is 24.0 Å². The number of benzene rings is 2. The van der Waals surface area contributed by atoms with E-state index < -0.39 is 5.41 Å². The van der Waals surface area contributed by atoms with Crippen LogP contribution in [0.15, 0.2) is 78.4 Å². The Morgan fingerprint density at radius 3 is 2.21 bits per heavy atom. The molecule has 1 aliphatic rings. The Morgan fingerprint density at radius 1 is 0.964 bits per heavy atom. The summed E-state index contributed by atoms with van der Waals surface area (Å²) < 4.78 is 10.1. The molecule has 3 rings (SSSR count). The van der Waals surface area contributed by atoms with Crippen molar-refractivity contribution >= 4 is 18.0 Å². The van der Waals surface area contributed by atoms with Crippen LogP contribution in [0.3, 0.4) is 0 Å². The predicted molar refractivity (Wildman–Crippen MR) is 108 cm³/mol. The largest absolute Gasteiger partial charge is 0.468 e. The van der Waals surface area contributed by atoms with E-state index >= 15 is 0 Å². The lowest BCUT2D eigenvalue weighted by molar-refractivity contribution is -0.151. The van der Waals surface area contributed by atoms with Crippen LogP contribution in [0.4, 0.5) is 0 Å². The third-order valence-corrected chi connectivity index (χ3v) is 5.28. The van der Waals surface area contributed by atoms with Crippen LogP contribution < -0.4 is 0 Å². The normalized spacial score (nSPS) is 21.8. The highest BCUT2D eigenvalue weighted by atomic mass is 16.5. The molecule has 0 aliphatic heterocycles. The maximum absolute atomic E-state index is 13.0. The van der Waals surface area contributed by atoms with Crippen LogP contribution in [-0.4, -0.2) is 26.2 Å². The van der Waals surface area contributed by atoms with Gasteiger partial charge in [0.2, 0.25) is 0 Å². The van der Waals surface area contributed by atoms with Crippen molar-refractivity contribution in [3.63, 3.8) is 0 Å². The van der Waals surface area contributed by atoms with Crippen molar-refractivity contribution < 1.29 is 19.1 Å². The van der Waals surface area contributed by atoms with Crippen molar-refractivity contribution in [3.8, 4) is 0 Å². The zero-order chi connectivity index (χ0) is 20.0. The van der Waals surface area contributed by atoms with Crippen molar-refractivity contribution in [2.45, 2.75) is 18.8 Å². The van der Waals surface area contributed by atoms with E-state index in [0.717, 1.165) is 11.1 Å². The molecule has 1 aliphatic carbocycles. The summed E-state index contributed by atoms with van der Waals surface area (Å²) in [5.74, 6) is -0.996. The van der Waals surface area contributed by atoms with Gasteiger partial charge in [0.05, 0.1) is 19.6 Å². The summed E-state index contributed by atoms with van der Waals surface area (Å²) >= 11 is 0. The number of esters is 2. The second-order valence-electron chi connectivity index (χ2n) is 6.85. The molecule has 0 aromatic heterocycles. The standard InChI is InChI=1S/C24H24O4/c1-27-22(25)20-14-16-24(23(26)28-2,15-13-18-9-5-3-6-10-18)21(17-20)19-11-7-4-8-12-19/h3-13,15,17,21H,14,16H2,1-2H3/b15-13+/t21-,24+/m0/s1. The zero-order valence-corrected chi connectivity index (χ0v) is 16.1. The highest BCUT2D eigenvalue weighted by Crippen LogP contribution is 2.48. The van der Waals surface area contributed by atoms with E-state index in [9.17, 15) is 9.59 Å². The summed E-state index contributed by atoms with van der Waals surface area (Å²) in [6, 6.07) is 19.5. The van der Waals surface area contributed by atoms with Crippen LogP contribution in [0.5, 0.6) is 0 Å². The van der Waals surface area contributed by atoms with E-state index in [2.05, 4.69) is 0 Å². The number of carbonyl (C=O) groups is 2. The Morgan fingerprint density at radius 2 is 1.61 bits per heavy atom. The molecule has 0 fully saturated rings. The van der Waals surface area contributed by atoms with Gasteiger partial charge < -0.3 is 9.47 Å². The Balaban J connectivity index is 2.12. The average molecular weight is 376 g/mol. The number of hydrogen-bond acceptors (Lipinski definition) is 4. The summed E-state index contributed by atoms with van der Waals surface area (Å²) in [7, 11) is 2.78. The van der Waals surface area contributed by atoms with Crippen LogP contribution >= 0.6 is 0 Å². The second-order valence-corrected chi connectivity index (χ2v) is 6.85. The molecular weight excluding hydrogens is 352 g/mol. The minimum absolute atomic E-state index is 0.311. The van der Waals surface area contributed by atoms with Gasteiger partial charge in [-0.15, -0.1) is 0 Å². The molecule has 4 nitrogen and oxygen atoms in total. The minimum Gasteiger partial charge on any atom is -0.468 e. The highest BCUT2D eigenvalue weighted by Gasteiger charge is 2.47. The molecule has 0 N–H and O–H groups in total. The van der Waals surface area contributed by atoms with Crippen molar-refractivity contribution in [1.29, 1.82) is 0 Å². The van der Waals surface area contributed by atoms with Gasteiger partial charge in [0, 0.05) is 11.5 Å². The van der Waals surface area contributed by atoms with E-state index in [1.54, 1.807) is 0 Å². The van der Waals surface area contributed by atoms with E-state index in [1.807, 2.05) is 78.9 Å². The maximum Gasteiger partial charge on any atom is 0.333 e. The molecular formula is C24H24O4. The molecule has 2 aromatic carbocycles. The fourth-order valence-corrected chi connectivity index (χ4v) is 3.77. The van der Waals surface area contributed by atoms with Gasteiger partial charge in [-0.3, -0.25) is 4.79 Å². The third kappa shape index (κ3) is 3.91. The monoisotopic (exact) mass is 376 g/mol. The number of methoxy groups -OCH3 is 2. The van der Waals surface area contributed by atoms with Crippen molar-refractivity contribution in [2.24, 2.45) is 5.41 Å². The quantitative estimate of drug-likeness (QED) is 0.719. The van der Waals surface area contributed by atoms with Gasteiger partial charge in [-0.2, -0.15) is 0 Å². The summed E-state index contributed by atoms with van der Waals surface area (Å²) in [4.78, 5) is 25.2. The average Bonchev–Trinajstić information content (AvgIpc) is 2.77. The Kier molecular flexibility index (Phi) is 6.09. The molecule has 0 bridgehead atoms. The van der Waals surface area contributed by atoms with Crippen LogP contribution in [-0.2, 0) is 19.1 Å². The van der Waals surface area contributed by atoms with Crippen molar-refractivity contribution in [1.82, 2.24) is 0 Å². The van der Waals surface area contributed by atoms with E-state index in [4.69, 9.17) is 9.47 Å². The summed E-state index contributed by atoms with van der Waals surface area (Å²) in [5, 5.41) is 0. The minimum atomic E-state index is -0.899. The fraction of sp³-hybridized carbons (Fsp3) is 0.250. The molecule has 2 aromatic rings. The maximum atomic E-state index is 13.0. The summed E-state index contributed by atoms with van der Waals surface area (Å²) in [6.45, 7) is 0.